The van der Waals surface area contributed by atoms with E-state index in [2.05, 4.69) is 15.1 Å². The minimum Gasteiger partial charge on any atom is -0.399 e. The van der Waals surface area contributed by atoms with E-state index < -0.39 is 0 Å². The molecule has 0 unspecified atom stereocenters. The van der Waals surface area contributed by atoms with Crippen molar-refractivity contribution in [2.75, 3.05) is 5.73 Å². The molecule has 17 heavy (non-hydrogen) atoms. The van der Waals surface area contributed by atoms with E-state index in [1.54, 1.807) is 23.3 Å². The molecular formula is C12H11N5. The highest BCUT2D eigenvalue weighted by atomic mass is 15.3. The van der Waals surface area contributed by atoms with E-state index in [0.717, 1.165) is 22.4 Å². The third kappa shape index (κ3) is 1.52. The third-order valence-electron chi connectivity index (χ3n) is 2.65. The van der Waals surface area contributed by atoms with Crippen LogP contribution in [-0.2, 0) is 0 Å². The Kier molecular flexibility index (Phi) is 2.04. The number of rotatable bonds is 1. The molecule has 5 heteroatoms. The van der Waals surface area contributed by atoms with Crippen LogP contribution in [0.15, 0.2) is 36.8 Å². The van der Waals surface area contributed by atoms with Gasteiger partial charge in [0.05, 0.1) is 17.4 Å². The second-order valence-electron chi connectivity index (χ2n) is 3.84. The number of fused-ring (bicyclic) bond motifs is 1. The molecule has 0 bridgehead atoms. The van der Waals surface area contributed by atoms with E-state index >= 15 is 0 Å². The molecule has 0 radical (unpaired) electrons. The average molecular weight is 225 g/mol. The Bertz CT molecular complexity index is 686. The molecule has 0 aliphatic rings. The average Bonchev–Trinajstić information content (AvgIpc) is 2.72. The number of hydrogen-bond acceptors (Lipinski definition) is 4. The molecule has 2 heterocycles. The fraction of sp³-hybridized carbons (Fsp3) is 0.0833. The van der Waals surface area contributed by atoms with Crippen LogP contribution in [0.3, 0.4) is 0 Å². The van der Waals surface area contributed by atoms with Crippen LogP contribution in [0.2, 0.25) is 0 Å². The smallest absolute Gasteiger partial charge is 0.175 e. The van der Waals surface area contributed by atoms with Crippen molar-refractivity contribution < 1.29 is 0 Å². The minimum absolute atomic E-state index is 0.709. The van der Waals surface area contributed by atoms with E-state index in [4.69, 9.17) is 5.73 Å². The highest BCUT2D eigenvalue weighted by Gasteiger charge is 2.08. The first-order chi connectivity index (χ1) is 8.25. The first-order valence-electron chi connectivity index (χ1n) is 5.27. The zero-order valence-electron chi connectivity index (χ0n) is 9.33. The molecule has 0 fully saturated rings. The summed E-state index contributed by atoms with van der Waals surface area (Å²) in [5, 5.41) is 5.36. The number of benzene rings is 1. The van der Waals surface area contributed by atoms with Gasteiger partial charge in [0.2, 0.25) is 0 Å². The lowest BCUT2D eigenvalue weighted by atomic mass is 10.2. The number of aryl methyl sites for hydroxylation is 1. The number of hydrogen-bond donors (Lipinski definition) is 1. The van der Waals surface area contributed by atoms with E-state index in [1.165, 1.54) is 0 Å². The van der Waals surface area contributed by atoms with Crippen LogP contribution in [0.5, 0.6) is 0 Å². The van der Waals surface area contributed by atoms with Crippen LogP contribution in [0, 0.1) is 6.92 Å². The van der Waals surface area contributed by atoms with Gasteiger partial charge in [0.25, 0.3) is 0 Å². The van der Waals surface area contributed by atoms with E-state index in [1.807, 2.05) is 25.1 Å². The molecule has 2 aromatic heterocycles. The number of nitrogen functional groups attached to an aromatic ring is 1. The summed E-state index contributed by atoms with van der Waals surface area (Å²) in [7, 11) is 0. The molecule has 5 nitrogen and oxygen atoms in total. The zero-order chi connectivity index (χ0) is 11.8. The summed E-state index contributed by atoms with van der Waals surface area (Å²) in [5.41, 5.74) is 8.27. The van der Waals surface area contributed by atoms with Crippen LogP contribution in [0.1, 0.15) is 5.69 Å². The molecule has 2 N–H and O–H groups in total. The van der Waals surface area contributed by atoms with Crippen molar-refractivity contribution in [2.24, 2.45) is 0 Å². The summed E-state index contributed by atoms with van der Waals surface area (Å²) >= 11 is 0. The van der Waals surface area contributed by atoms with Gasteiger partial charge < -0.3 is 5.73 Å². The summed E-state index contributed by atoms with van der Waals surface area (Å²) in [5.74, 6) is 0.730. The zero-order valence-corrected chi connectivity index (χ0v) is 9.33. The fourth-order valence-electron chi connectivity index (χ4n) is 1.81. The van der Waals surface area contributed by atoms with E-state index in [0.29, 0.717) is 5.69 Å². The minimum atomic E-state index is 0.709. The van der Waals surface area contributed by atoms with Crippen LogP contribution in [0.4, 0.5) is 5.69 Å². The van der Waals surface area contributed by atoms with Gasteiger partial charge in [0.1, 0.15) is 0 Å². The monoisotopic (exact) mass is 225 g/mol. The van der Waals surface area contributed by atoms with Crippen LogP contribution < -0.4 is 5.73 Å². The van der Waals surface area contributed by atoms with Gasteiger partial charge in [0.15, 0.2) is 5.82 Å². The Hall–Kier alpha value is -2.43. The molecule has 0 saturated heterocycles. The SMILES string of the molecule is Cc1nccnc1-n1ncc2ccc(N)cc21. The Morgan fingerprint density at radius 3 is 2.82 bits per heavy atom. The largest absolute Gasteiger partial charge is 0.399 e. The fourth-order valence-corrected chi connectivity index (χ4v) is 1.81. The Balaban J connectivity index is 2.31. The standard InChI is InChI=1S/C12H11N5/c1-8-12(15-5-4-14-8)17-11-6-10(13)3-2-9(11)7-16-17/h2-7H,13H2,1H3. The molecule has 3 aromatic rings. The van der Waals surface area contributed by atoms with Crippen molar-refractivity contribution in [1.82, 2.24) is 19.7 Å². The Morgan fingerprint density at radius 1 is 1.18 bits per heavy atom. The second kappa shape index (κ2) is 3.55. The molecule has 84 valence electrons. The first-order valence-corrected chi connectivity index (χ1v) is 5.27. The molecule has 0 saturated carbocycles. The Labute approximate surface area is 97.9 Å². The number of aromatic nitrogens is 4. The molecule has 0 atom stereocenters. The van der Waals surface area contributed by atoms with Crippen molar-refractivity contribution in [1.29, 1.82) is 0 Å². The van der Waals surface area contributed by atoms with Gasteiger partial charge in [0, 0.05) is 23.5 Å². The molecule has 0 aliphatic carbocycles. The highest BCUT2D eigenvalue weighted by molar-refractivity contribution is 5.83. The van der Waals surface area contributed by atoms with Crippen LogP contribution in [0.25, 0.3) is 16.7 Å². The van der Waals surface area contributed by atoms with Gasteiger partial charge in [-0.15, -0.1) is 0 Å². The topological polar surface area (TPSA) is 69.6 Å². The number of nitrogens with two attached hydrogens (primary N) is 1. The van der Waals surface area contributed by atoms with Gasteiger partial charge in [-0.25, -0.2) is 9.67 Å². The summed E-state index contributed by atoms with van der Waals surface area (Å²) in [6, 6.07) is 5.69. The number of nitrogens with zero attached hydrogens (tertiary/aromatic N) is 4. The molecule has 0 amide bonds. The lowest BCUT2D eigenvalue weighted by Crippen LogP contribution is -2.03. The highest BCUT2D eigenvalue weighted by Crippen LogP contribution is 2.20. The van der Waals surface area contributed by atoms with E-state index in [9.17, 15) is 0 Å². The van der Waals surface area contributed by atoms with Gasteiger partial charge >= 0.3 is 0 Å². The van der Waals surface area contributed by atoms with Gasteiger partial charge in [-0.2, -0.15) is 5.10 Å². The van der Waals surface area contributed by atoms with Crippen molar-refractivity contribution in [3.05, 3.63) is 42.5 Å². The first kappa shape index (κ1) is 9.77. The third-order valence-corrected chi connectivity index (χ3v) is 2.65. The number of anilines is 1. The summed E-state index contributed by atoms with van der Waals surface area (Å²) in [6.07, 6.45) is 5.12. The second-order valence-corrected chi connectivity index (χ2v) is 3.84. The maximum absolute atomic E-state index is 5.79. The van der Waals surface area contributed by atoms with Crippen LogP contribution in [-0.4, -0.2) is 19.7 Å². The molecular weight excluding hydrogens is 214 g/mol. The molecule has 1 aromatic carbocycles. The lowest BCUT2D eigenvalue weighted by molar-refractivity contribution is 0.849. The van der Waals surface area contributed by atoms with E-state index in [-0.39, 0.29) is 0 Å². The maximum Gasteiger partial charge on any atom is 0.175 e. The van der Waals surface area contributed by atoms with Crippen molar-refractivity contribution in [2.45, 2.75) is 6.92 Å². The molecule has 3 rings (SSSR count). The van der Waals surface area contributed by atoms with Gasteiger partial charge in [-0.3, -0.25) is 4.98 Å². The van der Waals surface area contributed by atoms with Crippen molar-refractivity contribution in [3.63, 3.8) is 0 Å². The Morgan fingerprint density at radius 2 is 2.00 bits per heavy atom. The van der Waals surface area contributed by atoms with Crippen molar-refractivity contribution >= 4 is 16.6 Å². The predicted octanol–water partition coefficient (Wildman–Crippen LogP) is 1.71. The quantitative estimate of drug-likeness (QED) is 0.640. The summed E-state index contributed by atoms with van der Waals surface area (Å²) in [4.78, 5) is 8.51. The molecule has 0 aliphatic heterocycles. The summed E-state index contributed by atoms with van der Waals surface area (Å²) in [6.45, 7) is 1.90. The maximum atomic E-state index is 5.79. The molecule has 0 spiro atoms. The van der Waals surface area contributed by atoms with Crippen molar-refractivity contribution in [3.8, 4) is 5.82 Å². The van der Waals surface area contributed by atoms with Gasteiger partial charge in [-0.1, -0.05) is 0 Å². The van der Waals surface area contributed by atoms with Crippen LogP contribution >= 0.6 is 0 Å². The lowest BCUT2D eigenvalue weighted by Gasteiger charge is -2.04. The normalized spacial score (nSPS) is 10.9. The van der Waals surface area contributed by atoms with Gasteiger partial charge in [-0.05, 0) is 25.1 Å². The predicted molar refractivity (Wildman–Crippen MR) is 65.8 cm³/mol. The summed E-state index contributed by atoms with van der Waals surface area (Å²) < 4.78 is 1.76.